The van der Waals surface area contributed by atoms with Gasteiger partial charge in [-0.15, -0.1) is 0 Å². The number of hydrogen-bond donors (Lipinski definition) is 1. The summed E-state index contributed by atoms with van der Waals surface area (Å²) in [5, 5.41) is 3.27. The van der Waals surface area contributed by atoms with Crippen LogP contribution in [0.3, 0.4) is 0 Å². The molecule has 0 aliphatic carbocycles. The van der Waals surface area contributed by atoms with Crippen LogP contribution in [0.1, 0.15) is 39.8 Å². The lowest BCUT2D eigenvalue weighted by Gasteiger charge is -2.28. The molecule has 0 saturated heterocycles. The Labute approximate surface area is 104 Å². The van der Waals surface area contributed by atoms with Crippen LogP contribution in [0.2, 0.25) is 0 Å². The third-order valence-corrected chi connectivity index (χ3v) is 2.99. The molecule has 96 valence electrons. The molecule has 1 N–H and O–H groups in total. The highest BCUT2D eigenvalue weighted by Gasteiger charge is 2.12. The molecule has 0 saturated carbocycles. The fraction of sp³-hybridized carbons (Fsp3) is 0.692. The first kappa shape index (κ1) is 13.9. The van der Waals surface area contributed by atoms with Crippen LogP contribution >= 0.6 is 0 Å². The van der Waals surface area contributed by atoms with Crippen molar-refractivity contribution < 1.29 is 0 Å². The molecule has 0 aromatic carbocycles. The average molecular weight is 236 g/mol. The second-order valence-electron chi connectivity index (χ2n) is 4.19. The van der Waals surface area contributed by atoms with Gasteiger partial charge in [0, 0.05) is 25.3 Å². The van der Waals surface area contributed by atoms with Gasteiger partial charge >= 0.3 is 0 Å². The predicted molar refractivity (Wildman–Crippen MR) is 72.2 cm³/mol. The smallest absolute Gasteiger partial charge is 0.147 e. The van der Waals surface area contributed by atoms with E-state index in [-0.39, 0.29) is 0 Å². The Morgan fingerprint density at radius 2 is 2.06 bits per heavy atom. The van der Waals surface area contributed by atoms with Gasteiger partial charge in [-0.25, -0.2) is 4.98 Å². The summed E-state index contributed by atoms with van der Waals surface area (Å²) in [7, 11) is 0. The standard InChI is InChI=1S/C13H24N4/c1-5-11(4)17(7-3)13-10-15-9-12(16-13)8-14-6-2/h9-11,14H,5-8H2,1-4H3. The third kappa shape index (κ3) is 3.97. The summed E-state index contributed by atoms with van der Waals surface area (Å²) in [5.74, 6) is 0.984. The molecule has 0 fully saturated rings. The molecule has 4 nitrogen and oxygen atoms in total. The molecular formula is C13H24N4. The third-order valence-electron chi connectivity index (χ3n) is 2.99. The molecular weight excluding hydrogens is 212 g/mol. The molecule has 0 bridgehead atoms. The van der Waals surface area contributed by atoms with Gasteiger partial charge in [-0.2, -0.15) is 0 Å². The van der Waals surface area contributed by atoms with Gasteiger partial charge in [0.1, 0.15) is 5.82 Å². The Kier molecular flexibility index (Phi) is 5.91. The monoisotopic (exact) mass is 236 g/mol. The summed E-state index contributed by atoms with van der Waals surface area (Å²) in [6.07, 6.45) is 4.80. The molecule has 0 aliphatic heterocycles. The maximum atomic E-state index is 4.65. The lowest BCUT2D eigenvalue weighted by atomic mass is 10.2. The summed E-state index contributed by atoms with van der Waals surface area (Å²) in [6, 6.07) is 0.503. The van der Waals surface area contributed by atoms with E-state index in [0.29, 0.717) is 6.04 Å². The fourth-order valence-electron chi connectivity index (χ4n) is 1.79. The molecule has 0 aliphatic rings. The largest absolute Gasteiger partial charge is 0.353 e. The van der Waals surface area contributed by atoms with Crippen LogP contribution in [0.15, 0.2) is 12.4 Å². The van der Waals surface area contributed by atoms with E-state index < -0.39 is 0 Å². The van der Waals surface area contributed by atoms with Crippen LogP contribution in [0.4, 0.5) is 5.82 Å². The Bertz CT molecular complexity index is 327. The van der Waals surface area contributed by atoms with E-state index >= 15 is 0 Å². The summed E-state index contributed by atoms with van der Waals surface area (Å²) < 4.78 is 0. The van der Waals surface area contributed by atoms with E-state index in [2.05, 4.69) is 47.9 Å². The normalized spacial score (nSPS) is 12.5. The van der Waals surface area contributed by atoms with Gasteiger partial charge in [0.05, 0.1) is 11.9 Å². The molecule has 0 spiro atoms. The lowest BCUT2D eigenvalue weighted by molar-refractivity contribution is 0.617. The van der Waals surface area contributed by atoms with Crippen molar-refractivity contribution >= 4 is 5.82 Å². The van der Waals surface area contributed by atoms with Gasteiger partial charge in [0.25, 0.3) is 0 Å². The highest BCUT2D eigenvalue weighted by molar-refractivity contribution is 5.37. The van der Waals surface area contributed by atoms with Crippen LogP contribution < -0.4 is 10.2 Å². The highest BCUT2D eigenvalue weighted by atomic mass is 15.2. The maximum absolute atomic E-state index is 4.65. The fourth-order valence-corrected chi connectivity index (χ4v) is 1.79. The Morgan fingerprint density at radius 3 is 2.65 bits per heavy atom. The molecule has 0 radical (unpaired) electrons. The van der Waals surface area contributed by atoms with Gasteiger partial charge in [0.2, 0.25) is 0 Å². The van der Waals surface area contributed by atoms with Crippen molar-refractivity contribution in [2.75, 3.05) is 18.0 Å². The minimum atomic E-state index is 0.503. The van der Waals surface area contributed by atoms with Gasteiger partial charge in [0.15, 0.2) is 0 Å². The molecule has 0 amide bonds. The summed E-state index contributed by atoms with van der Waals surface area (Å²) in [4.78, 5) is 11.2. The van der Waals surface area contributed by atoms with Crippen molar-refractivity contribution in [2.45, 2.75) is 46.7 Å². The average Bonchev–Trinajstić information content (AvgIpc) is 2.37. The first-order valence-corrected chi connectivity index (χ1v) is 6.51. The number of nitrogens with one attached hydrogen (secondary N) is 1. The molecule has 1 atom stereocenters. The minimum absolute atomic E-state index is 0.503. The van der Waals surface area contributed by atoms with Crippen molar-refractivity contribution in [3.05, 3.63) is 18.1 Å². The highest BCUT2D eigenvalue weighted by Crippen LogP contribution is 2.14. The van der Waals surface area contributed by atoms with Gasteiger partial charge in [-0.3, -0.25) is 4.98 Å². The lowest BCUT2D eigenvalue weighted by Crippen LogP contribution is -2.33. The zero-order chi connectivity index (χ0) is 12.7. The number of rotatable bonds is 7. The van der Waals surface area contributed by atoms with E-state index in [1.807, 2.05) is 12.4 Å². The second-order valence-corrected chi connectivity index (χ2v) is 4.19. The number of anilines is 1. The Morgan fingerprint density at radius 1 is 1.29 bits per heavy atom. The van der Waals surface area contributed by atoms with Crippen LogP contribution in [-0.4, -0.2) is 29.1 Å². The zero-order valence-electron chi connectivity index (χ0n) is 11.4. The van der Waals surface area contributed by atoms with E-state index in [1.165, 1.54) is 0 Å². The minimum Gasteiger partial charge on any atom is -0.353 e. The van der Waals surface area contributed by atoms with E-state index in [9.17, 15) is 0 Å². The first-order valence-electron chi connectivity index (χ1n) is 6.51. The first-order chi connectivity index (χ1) is 8.22. The number of nitrogens with zero attached hydrogens (tertiary/aromatic N) is 3. The molecule has 1 rings (SSSR count). The maximum Gasteiger partial charge on any atom is 0.147 e. The molecule has 17 heavy (non-hydrogen) atoms. The van der Waals surface area contributed by atoms with E-state index in [4.69, 9.17) is 0 Å². The van der Waals surface area contributed by atoms with Crippen molar-refractivity contribution in [1.29, 1.82) is 0 Å². The van der Waals surface area contributed by atoms with Crippen molar-refractivity contribution in [3.63, 3.8) is 0 Å². The van der Waals surface area contributed by atoms with Gasteiger partial charge < -0.3 is 10.2 Å². The number of aromatic nitrogens is 2. The Balaban J connectivity index is 2.81. The molecule has 1 heterocycles. The van der Waals surface area contributed by atoms with Crippen LogP contribution in [0.25, 0.3) is 0 Å². The number of hydrogen-bond acceptors (Lipinski definition) is 4. The van der Waals surface area contributed by atoms with Crippen LogP contribution in [0.5, 0.6) is 0 Å². The SMILES string of the molecule is CCNCc1cncc(N(CC)C(C)CC)n1. The molecule has 4 heteroatoms. The van der Waals surface area contributed by atoms with Gasteiger partial charge in [-0.1, -0.05) is 13.8 Å². The Hall–Kier alpha value is -1.16. The van der Waals surface area contributed by atoms with E-state index in [1.54, 1.807) is 0 Å². The van der Waals surface area contributed by atoms with Gasteiger partial charge in [-0.05, 0) is 26.8 Å². The molecule has 1 unspecified atom stereocenters. The van der Waals surface area contributed by atoms with Crippen LogP contribution in [-0.2, 0) is 6.54 Å². The van der Waals surface area contributed by atoms with Crippen molar-refractivity contribution in [3.8, 4) is 0 Å². The molecule has 1 aromatic heterocycles. The zero-order valence-corrected chi connectivity index (χ0v) is 11.4. The summed E-state index contributed by atoms with van der Waals surface area (Å²) in [6.45, 7) is 11.4. The van der Waals surface area contributed by atoms with E-state index in [0.717, 1.165) is 37.6 Å². The summed E-state index contributed by atoms with van der Waals surface area (Å²) in [5.41, 5.74) is 1.01. The van der Waals surface area contributed by atoms with Crippen LogP contribution in [0, 0.1) is 0 Å². The topological polar surface area (TPSA) is 41.1 Å². The van der Waals surface area contributed by atoms with Crippen molar-refractivity contribution in [2.24, 2.45) is 0 Å². The molecule has 1 aromatic rings. The second kappa shape index (κ2) is 7.22. The quantitative estimate of drug-likeness (QED) is 0.788. The van der Waals surface area contributed by atoms with Crippen molar-refractivity contribution in [1.82, 2.24) is 15.3 Å². The summed E-state index contributed by atoms with van der Waals surface area (Å²) >= 11 is 0. The predicted octanol–water partition coefficient (Wildman–Crippen LogP) is 2.21.